The molecule has 0 unspecified atom stereocenters. The van der Waals surface area contributed by atoms with Crippen molar-refractivity contribution in [2.75, 3.05) is 24.7 Å². The number of alkyl halides is 3. The third-order valence-electron chi connectivity index (χ3n) is 4.58. The number of anilines is 1. The first kappa shape index (κ1) is 20.4. The fraction of sp³-hybridized carbons (Fsp3) is 0.316. The number of carbonyl (C=O) groups is 1. The average Bonchev–Trinajstić information content (AvgIpc) is 3.15. The number of aromatic nitrogens is 1. The van der Waals surface area contributed by atoms with E-state index in [1.165, 1.54) is 12.8 Å². The fourth-order valence-electron chi connectivity index (χ4n) is 3.05. The zero-order valence-electron chi connectivity index (χ0n) is 15.4. The SMILES string of the molecule is NC(=O)c1cc(C2=NCN2)ccc1N1CCCC1.O=c1ccc(C(F)(F)F)c[nH]1. The van der Waals surface area contributed by atoms with Crippen molar-refractivity contribution in [3.63, 3.8) is 0 Å². The topological polar surface area (TPSA) is 104 Å². The number of primary amides is 1. The summed E-state index contributed by atoms with van der Waals surface area (Å²) in [6.07, 6.45) is -1.39. The van der Waals surface area contributed by atoms with Crippen LogP contribution in [-0.2, 0) is 6.18 Å². The van der Waals surface area contributed by atoms with Gasteiger partial charge in [0.2, 0.25) is 5.56 Å². The van der Waals surface area contributed by atoms with E-state index in [4.69, 9.17) is 5.73 Å². The Morgan fingerprint density at radius 2 is 1.83 bits per heavy atom. The van der Waals surface area contributed by atoms with E-state index < -0.39 is 17.3 Å². The summed E-state index contributed by atoms with van der Waals surface area (Å²) < 4.78 is 35.4. The van der Waals surface area contributed by atoms with Crippen molar-refractivity contribution in [1.29, 1.82) is 0 Å². The average molecular weight is 407 g/mol. The molecule has 0 atom stereocenters. The van der Waals surface area contributed by atoms with Gasteiger partial charge in [-0.1, -0.05) is 0 Å². The Hall–Kier alpha value is -3.30. The van der Waals surface area contributed by atoms with Crippen molar-refractivity contribution in [3.05, 3.63) is 63.6 Å². The van der Waals surface area contributed by atoms with Crippen molar-refractivity contribution in [2.45, 2.75) is 19.0 Å². The second-order valence-corrected chi connectivity index (χ2v) is 6.57. The number of pyridine rings is 1. The fourth-order valence-corrected chi connectivity index (χ4v) is 3.05. The van der Waals surface area contributed by atoms with E-state index in [-0.39, 0.29) is 5.91 Å². The first-order valence-corrected chi connectivity index (χ1v) is 8.99. The number of nitrogens with one attached hydrogen (secondary N) is 2. The number of aliphatic imine (C=N–C) groups is 1. The van der Waals surface area contributed by atoms with Crippen LogP contribution in [0.3, 0.4) is 0 Å². The molecule has 0 spiro atoms. The summed E-state index contributed by atoms with van der Waals surface area (Å²) in [5.74, 6) is 0.462. The van der Waals surface area contributed by atoms with Gasteiger partial charge in [0.25, 0.3) is 5.91 Å². The number of benzene rings is 1. The van der Waals surface area contributed by atoms with Crippen LogP contribution in [0.25, 0.3) is 0 Å². The number of nitrogens with two attached hydrogens (primary N) is 1. The van der Waals surface area contributed by atoms with Gasteiger partial charge in [0.05, 0.1) is 11.1 Å². The van der Waals surface area contributed by atoms with Gasteiger partial charge in [0.1, 0.15) is 12.5 Å². The summed E-state index contributed by atoms with van der Waals surface area (Å²) in [4.78, 5) is 30.3. The second-order valence-electron chi connectivity index (χ2n) is 6.57. The maximum atomic E-state index is 11.8. The van der Waals surface area contributed by atoms with Crippen LogP contribution in [0.5, 0.6) is 0 Å². The molecular formula is C19H20F3N5O2. The molecule has 1 aromatic heterocycles. The molecule has 3 heterocycles. The number of nitrogens with zero attached hydrogens (tertiary/aromatic N) is 2. The molecule has 1 fully saturated rings. The smallest absolute Gasteiger partial charge is 0.371 e. The zero-order chi connectivity index (χ0) is 21.0. The maximum absolute atomic E-state index is 11.8. The van der Waals surface area contributed by atoms with E-state index >= 15 is 0 Å². The summed E-state index contributed by atoms with van der Waals surface area (Å²) in [7, 11) is 0. The van der Waals surface area contributed by atoms with Crippen molar-refractivity contribution in [3.8, 4) is 0 Å². The van der Waals surface area contributed by atoms with Crippen LogP contribution >= 0.6 is 0 Å². The molecule has 2 aromatic rings. The van der Waals surface area contributed by atoms with Crippen LogP contribution in [0, 0.1) is 0 Å². The van der Waals surface area contributed by atoms with E-state index in [2.05, 4.69) is 15.2 Å². The standard InChI is InChI=1S/C13H16N4O.C6H4F3NO/c14-12(18)10-7-9(13-15-8-16-13)3-4-11(10)17-5-1-2-6-17;7-6(8,9)4-1-2-5(11)10-3-4/h3-4,7H,1-2,5-6,8H2,(H2,14,18)(H,15,16);1-3H,(H,10,11). The highest BCUT2D eigenvalue weighted by Gasteiger charge is 2.30. The van der Waals surface area contributed by atoms with Gasteiger partial charge in [-0.25, -0.2) is 4.99 Å². The third kappa shape index (κ3) is 4.95. The highest BCUT2D eigenvalue weighted by atomic mass is 19.4. The molecule has 0 radical (unpaired) electrons. The predicted molar refractivity (Wildman–Crippen MR) is 103 cm³/mol. The Morgan fingerprint density at radius 1 is 1.14 bits per heavy atom. The number of hydrogen-bond donors (Lipinski definition) is 3. The van der Waals surface area contributed by atoms with E-state index in [1.54, 1.807) is 0 Å². The van der Waals surface area contributed by atoms with Crippen molar-refractivity contribution >= 4 is 17.4 Å². The van der Waals surface area contributed by atoms with Crippen LogP contribution < -0.4 is 21.5 Å². The number of aromatic amines is 1. The third-order valence-corrected chi connectivity index (χ3v) is 4.58. The van der Waals surface area contributed by atoms with Gasteiger partial charge in [-0.15, -0.1) is 0 Å². The lowest BCUT2D eigenvalue weighted by atomic mass is 10.1. The number of hydrogen-bond acceptors (Lipinski definition) is 5. The van der Waals surface area contributed by atoms with E-state index in [9.17, 15) is 22.8 Å². The monoisotopic (exact) mass is 407 g/mol. The Balaban J connectivity index is 0.000000188. The van der Waals surface area contributed by atoms with Gasteiger partial charge >= 0.3 is 6.18 Å². The molecule has 0 bridgehead atoms. The van der Waals surface area contributed by atoms with E-state index in [0.29, 0.717) is 18.4 Å². The summed E-state index contributed by atoms with van der Waals surface area (Å²) >= 11 is 0. The molecule has 0 aliphatic carbocycles. The molecule has 4 N–H and O–H groups in total. The number of halogens is 3. The minimum absolute atomic E-state index is 0.376. The summed E-state index contributed by atoms with van der Waals surface area (Å²) in [6, 6.07) is 7.37. The van der Waals surface area contributed by atoms with Crippen molar-refractivity contribution in [2.24, 2.45) is 10.7 Å². The molecule has 10 heteroatoms. The molecule has 1 amide bonds. The number of carbonyl (C=O) groups excluding carboxylic acids is 1. The van der Waals surface area contributed by atoms with E-state index in [0.717, 1.165) is 42.3 Å². The summed E-state index contributed by atoms with van der Waals surface area (Å²) in [5, 5.41) is 3.10. The largest absolute Gasteiger partial charge is 0.417 e. The lowest BCUT2D eigenvalue weighted by Crippen LogP contribution is -2.35. The summed E-state index contributed by atoms with van der Waals surface area (Å²) in [6.45, 7) is 2.65. The second kappa shape index (κ2) is 8.38. The lowest BCUT2D eigenvalue weighted by molar-refractivity contribution is -0.137. The molecule has 1 saturated heterocycles. The normalized spacial score (nSPS) is 15.6. The Kier molecular flexibility index (Phi) is 5.90. The van der Waals surface area contributed by atoms with E-state index in [1.807, 2.05) is 23.2 Å². The molecule has 4 rings (SSSR count). The molecule has 1 aromatic carbocycles. The first-order valence-electron chi connectivity index (χ1n) is 8.99. The van der Waals surface area contributed by atoms with Crippen LogP contribution in [0.4, 0.5) is 18.9 Å². The molecule has 2 aliphatic heterocycles. The van der Waals surface area contributed by atoms with Gasteiger partial charge in [0, 0.05) is 36.6 Å². The Morgan fingerprint density at radius 3 is 2.31 bits per heavy atom. The maximum Gasteiger partial charge on any atom is 0.417 e. The van der Waals surface area contributed by atoms with Crippen molar-refractivity contribution in [1.82, 2.24) is 10.3 Å². The molecule has 154 valence electrons. The van der Waals surface area contributed by atoms with Crippen LogP contribution in [-0.4, -0.2) is 36.5 Å². The number of amidine groups is 1. The number of rotatable bonds is 3. The molecular weight excluding hydrogens is 387 g/mol. The van der Waals surface area contributed by atoms with Crippen molar-refractivity contribution < 1.29 is 18.0 Å². The van der Waals surface area contributed by atoms with Crippen LogP contribution in [0.1, 0.15) is 34.3 Å². The first-order chi connectivity index (χ1) is 13.8. The van der Waals surface area contributed by atoms with Gasteiger partial charge in [-0.3, -0.25) is 9.59 Å². The Bertz CT molecular complexity index is 958. The minimum Gasteiger partial charge on any atom is -0.371 e. The molecule has 29 heavy (non-hydrogen) atoms. The highest BCUT2D eigenvalue weighted by molar-refractivity contribution is 6.06. The Labute approximate surface area is 164 Å². The zero-order valence-corrected chi connectivity index (χ0v) is 15.4. The van der Waals surface area contributed by atoms with Gasteiger partial charge in [-0.05, 0) is 37.1 Å². The van der Waals surface area contributed by atoms with Gasteiger partial charge < -0.3 is 20.9 Å². The molecule has 2 aliphatic rings. The van der Waals surface area contributed by atoms with Crippen LogP contribution in [0.2, 0.25) is 0 Å². The van der Waals surface area contributed by atoms with Gasteiger partial charge in [0.15, 0.2) is 0 Å². The predicted octanol–water partition coefficient (Wildman–Crippen LogP) is 2.09. The van der Waals surface area contributed by atoms with Gasteiger partial charge in [-0.2, -0.15) is 13.2 Å². The number of amides is 1. The number of H-pyrrole nitrogens is 1. The molecule has 7 nitrogen and oxygen atoms in total. The molecule has 0 saturated carbocycles. The summed E-state index contributed by atoms with van der Waals surface area (Å²) in [5.41, 5.74) is 6.56. The highest BCUT2D eigenvalue weighted by Crippen LogP contribution is 2.27. The van der Waals surface area contributed by atoms with Crippen LogP contribution in [0.15, 0.2) is 46.3 Å². The lowest BCUT2D eigenvalue weighted by Gasteiger charge is -2.22. The minimum atomic E-state index is -4.38. The quantitative estimate of drug-likeness (QED) is 0.725.